The Bertz CT molecular complexity index is 370. The van der Waals surface area contributed by atoms with Crippen molar-refractivity contribution >= 4 is 11.9 Å². The average Bonchev–Trinajstić information content (AvgIpc) is 2.50. The van der Waals surface area contributed by atoms with Crippen molar-refractivity contribution in [2.45, 2.75) is 26.4 Å². The molecule has 1 aromatic rings. The maximum atomic E-state index is 11.3. The van der Waals surface area contributed by atoms with E-state index in [1.54, 1.807) is 0 Å². The molecule has 1 aromatic heterocycles. The van der Waals surface area contributed by atoms with Gasteiger partial charge in [0.2, 0.25) is 5.91 Å². The lowest BCUT2D eigenvalue weighted by Crippen LogP contribution is -2.33. The van der Waals surface area contributed by atoms with Crippen LogP contribution in [0.1, 0.15) is 24.3 Å². The smallest absolute Gasteiger partial charge is 0.356 e. The molecule has 0 radical (unpaired) electrons. The molecule has 2 N–H and O–H groups in total. The molecule has 0 fully saturated rings. The Labute approximate surface area is 86.9 Å². The number of carboxylic acids is 1. The molecule has 0 aliphatic carbocycles. The van der Waals surface area contributed by atoms with E-state index in [1.807, 2.05) is 13.8 Å². The van der Waals surface area contributed by atoms with Crippen molar-refractivity contribution in [3.63, 3.8) is 0 Å². The van der Waals surface area contributed by atoms with Gasteiger partial charge in [-0.25, -0.2) is 4.79 Å². The minimum atomic E-state index is -1.10. The van der Waals surface area contributed by atoms with Crippen molar-refractivity contribution in [3.8, 4) is 0 Å². The van der Waals surface area contributed by atoms with Gasteiger partial charge < -0.3 is 10.4 Å². The predicted molar refractivity (Wildman–Crippen MR) is 52.5 cm³/mol. The van der Waals surface area contributed by atoms with Gasteiger partial charge in [-0.1, -0.05) is 0 Å². The molecule has 6 heteroatoms. The first-order valence-electron chi connectivity index (χ1n) is 4.55. The maximum absolute atomic E-state index is 11.3. The lowest BCUT2D eigenvalue weighted by Gasteiger charge is -2.07. The quantitative estimate of drug-likeness (QED) is 0.740. The van der Waals surface area contributed by atoms with Gasteiger partial charge in [0.05, 0.1) is 0 Å². The van der Waals surface area contributed by atoms with Gasteiger partial charge in [0.1, 0.15) is 6.54 Å². The first-order chi connectivity index (χ1) is 6.99. The zero-order valence-corrected chi connectivity index (χ0v) is 8.60. The average molecular weight is 211 g/mol. The molecule has 0 aliphatic rings. The zero-order valence-electron chi connectivity index (χ0n) is 8.60. The Kier molecular flexibility index (Phi) is 3.43. The highest BCUT2D eigenvalue weighted by Crippen LogP contribution is 1.95. The number of hydrogen-bond donors (Lipinski definition) is 2. The van der Waals surface area contributed by atoms with Gasteiger partial charge in [-0.05, 0) is 19.9 Å². The first kappa shape index (κ1) is 11.2. The summed E-state index contributed by atoms with van der Waals surface area (Å²) in [6, 6.07) is 1.41. The Morgan fingerprint density at radius 2 is 2.27 bits per heavy atom. The van der Waals surface area contributed by atoms with Crippen LogP contribution >= 0.6 is 0 Å². The number of carbonyl (C=O) groups excluding carboxylic acids is 1. The second-order valence-electron chi connectivity index (χ2n) is 3.43. The molecular weight excluding hydrogens is 198 g/mol. The molecule has 1 amide bonds. The molecule has 82 valence electrons. The van der Waals surface area contributed by atoms with E-state index in [0.29, 0.717) is 0 Å². The standard InChI is InChI=1S/C9H13N3O3/c1-6(2)10-8(13)5-12-4-3-7(11-12)9(14)15/h3-4,6H,5H2,1-2H3,(H,10,13)(H,14,15). The number of rotatable bonds is 4. The van der Waals surface area contributed by atoms with Crippen molar-refractivity contribution in [3.05, 3.63) is 18.0 Å². The van der Waals surface area contributed by atoms with Crippen molar-refractivity contribution in [1.82, 2.24) is 15.1 Å². The van der Waals surface area contributed by atoms with Gasteiger partial charge in [0.25, 0.3) is 0 Å². The maximum Gasteiger partial charge on any atom is 0.356 e. The zero-order chi connectivity index (χ0) is 11.4. The minimum Gasteiger partial charge on any atom is -0.476 e. The van der Waals surface area contributed by atoms with Crippen molar-refractivity contribution in [1.29, 1.82) is 0 Å². The van der Waals surface area contributed by atoms with Crippen LogP contribution in [0.15, 0.2) is 12.3 Å². The van der Waals surface area contributed by atoms with Gasteiger partial charge in [0.15, 0.2) is 5.69 Å². The van der Waals surface area contributed by atoms with Crippen LogP contribution in [0.5, 0.6) is 0 Å². The summed E-state index contributed by atoms with van der Waals surface area (Å²) < 4.78 is 1.29. The number of carbonyl (C=O) groups is 2. The highest BCUT2D eigenvalue weighted by molar-refractivity contribution is 5.85. The van der Waals surface area contributed by atoms with E-state index < -0.39 is 5.97 Å². The molecule has 0 saturated heterocycles. The predicted octanol–water partition coefficient (Wildman–Crippen LogP) is 0.106. The molecule has 0 unspecified atom stereocenters. The normalized spacial score (nSPS) is 10.3. The lowest BCUT2D eigenvalue weighted by molar-refractivity contribution is -0.122. The van der Waals surface area contributed by atoms with E-state index in [9.17, 15) is 9.59 Å². The molecule has 6 nitrogen and oxygen atoms in total. The summed E-state index contributed by atoms with van der Waals surface area (Å²) in [6.45, 7) is 3.73. The molecule has 0 aliphatic heterocycles. The summed E-state index contributed by atoms with van der Waals surface area (Å²) in [7, 11) is 0. The molecule has 1 heterocycles. The molecular formula is C9H13N3O3. The van der Waals surface area contributed by atoms with Crippen molar-refractivity contribution < 1.29 is 14.7 Å². The van der Waals surface area contributed by atoms with Gasteiger partial charge in [-0.2, -0.15) is 5.10 Å². The third kappa shape index (κ3) is 3.41. The fraction of sp³-hybridized carbons (Fsp3) is 0.444. The molecule has 0 aromatic carbocycles. The van der Waals surface area contributed by atoms with Crippen LogP contribution in [-0.4, -0.2) is 32.8 Å². The summed E-state index contributed by atoms with van der Waals surface area (Å²) >= 11 is 0. The van der Waals surface area contributed by atoms with E-state index in [4.69, 9.17) is 5.11 Å². The van der Waals surface area contributed by atoms with Crippen LogP contribution in [0.2, 0.25) is 0 Å². The van der Waals surface area contributed by atoms with E-state index >= 15 is 0 Å². The number of aromatic nitrogens is 2. The molecule has 0 bridgehead atoms. The minimum absolute atomic E-state index is 0.0332. The number of nitrogens with zero attached hydrogens (tertiary/aromatic N) is 2. The van der Waals surface area contributed by atoms with Crippen LogP contribution in [0, 0.1) is 0 Å². The fourth-order valence-electron chi connectivity index (χ4n) is 1.08. The Hall–Kier alpha value is -1.85. The topological polar surface area (TPSA) is 84.2 Å². The number of carboxylic acid groups (broad SMARTS) is 1. The fourth-order valence-corrected chi connectivity index (χ4v) is 1.08. The summed E-state index contributed by atoms with van der Waals surface area (Å²) in [4.78, 5) is 21.8. The Morgan fingerprint density at radius 3 is 2.73 bits per heavy atom. The Balaban J connectivity index is 2.57. The highest BCUT2D eigenvalue weighted by atomic mass is 16.4. The molecule has 1 rings (SSSR count). The second-order valence-corrected chi connectivity index (χ2v) is 3.43. The molecule has 15 heavy (non-hydrogen) atoms. The number of amides is 1. The van der Waals surface area contributed by atoms with Crippen LogP contribution in [0.4, 0.5) is 0 Å². The molecule has 0 saturated carbocycles. The van der Waals surface area contributed by atoms with Crippen LogP contribution in [0.25, 0.3) is 0 Å². The molecule has 0 atom stereocenters. The Morgan fingerprint density at radius 1 is 1.60 bits per heavy atom. The molecule has 0 spiro atoms. The van der Waals surface area contributed by atoms with Crippen molar-refractivity contribution in [2.24, 2.45) is 0 Å². The summed E-state index contributed by atoms with van der Waals surface area (Å²) in [6.07, 6.45) is 1.46. The lowest BCUT2D eigenvalue weighted by atomic mass is 10.4. The van der Waals surface area contributed by atoms with E-state index in [2.05, 4.69) is 10.4 Å². The van der Waals surface area contributed by atoms with Crippen LogP contribution in [0.3, 0.4) is 0 Å². The number of hydrogen-bond acceptors (Lipinski definition) is 3. The largest absolute Gasteiger partial charge is 0.476 e. The monoisotopic (exact) mass is 211 g/mol. The van der Waals surface area contributed by atoms with Gasteiger partial charge >= 0.3 is 5.97 Å². The summed E-state index contributed by atoms with van der Waals surface area (Å²) in [5, 5.41) is 15.0. The van der Waals surface area contributed by atoms with E-state index in [0.717, 1.165) is 0 Å². The van der Waals surface area contributed by atoms with Crippen LogP contribution in [-0.2, 0) is 11.3 Å². The van der Waals surface area contributed by atoms with Gasteiger partial charge in [-0.3, -0.25) is 9.48 Å². The van der Waals surface area contributed by atoms with E-state index in [1.165, 1.54) is 16.9 Å². The van der Waals surface area contributed by atoms with Gasteiger partial charge in [-0.15, -0.1) is 0 Å². The summed E-state index contributed by atoms with van der Waals surface area (Å²) in [5.41, 5.74) is -0.0626. The summed E-state index contributed by atoms with van der Waals surface area (Å²) in [5.74, 6) is -1.29. The number of aromatic carboxylic acids is 1. The highest BCUT2D eigenvalue weighted by Gasteiger charge is 2.09. The SMILES string of the molecule is CC(C)NC(=O)Cn1ccc(C(=O)O)n1. The second kappa shape index (κ2) is 4.59. The number of nitrogens with one attached hydrogen (secondary N) is 1. The van der Waals surface area contributed by atoms with E-state index in [-0.39, 0.29) is 24.2 Å². The first-order valence-corrected chi connectivity index (χ1v) is 4.55. The third-order valence-corrected chi connectivity index (χ3v) is 1.62. The van der Waals surface area contributed by atoms with Crippen molar-refractivity contribution in [2.75, 3.05) is 0 Å². The van der Waals surface area contributed by atoms with Gasteiger partial charge in [0, 0.05) is 12.2 Å². The third-order valence-electron chi connectivity index (χ3n) is 1.62. The van der Waals surface area contributed by atoms with Crippen LogP contribution < -0.4 is 5.32 Å².